The summed E-state index contributed by atoms with van der Waals surface area (Å²) in [5.74, 6) is -0.0529. The number of carbonyl (C=O) groups excluding carboxylic acids is 1. The van der Waals surface area contributed by atoms with Gasteiger partial charge in [-0.05, 0) is 31.0 Å². The lowest BCUT2D eigenvalue weighted by atomic mass is 10.1. The summed E-state index contributed by atoms with van der Waals surface area (Å²) in [6.45, 7) is 0.685. The highest BCUT2D eigenvalue weighted by Gasteiger charge is 2.24. The van der Waals surface area contributed by atoms with E-state index in [4.69, 9.17) is 5.73 Å². The number of hydrogen-bond donors (Lipinski definition) is 2. The van der Waals surface area contributed by atoms with Gasteiger partial charge in [-0.1, -0.05) is 12.8 Å². The van der Waals surface area contributed by atoms with Gasteiger partial charge >= 0.3 is 0 Å². The zero-order valence-electron chi connectivity index (χ0n) is 12.9. The van der Waals surface area contributed by atoms with Crippen LogP contribution in [-0.2, 0) is 0 Å². The summed E-state index contributed by atoms with van der Waals surface area (Å²) in [4.78, 5) is 15.7. The fourth-order valence-corrected chi connectivity index (χ4v) is 3.03. The highest BCUT2D eigenvalue weighted by molar-refractivity contribution is 5.95. The molecule has 0 bridgehead atoms. The number of nitrogens with two attached hydrogens (primary N) is 1. The first kappa shape index (κ1) is 15.6. The van der Waals surface area contributed by atoms with Gasteiger partial charge in [-0.25, -0.2) is 0 Å². The summed E-state index contributed by atoms with van der Waals surface area (Å²) in [5, 5.41) is 9.32. The van der Waals surface area contributed by atoms with Crippen molar-refractivity contribution in [2.45, 2.75) is 31.7 Å². The van der Waals surface area contributed by atoms with E-state index in [0.29, 0.717) is 23.8 Å². The molecule has 0 atom stereocenters. The van der Waals surface area contributed by atoms with Crippen molar-refractivity contribution < 1.29 is 9.90 Å². The highest BCUT2D eigenvalue weighted by Crippen LogP contribution is 2.32. The number of carbonyl (C=O) groups is 1. The van der Waals surface area contributed by atoms with E-state index in [9.17, 15) is 9.90 Å². The van der Waals surface area contributed by atoms with E-state index in [1.165, 1.54) is 17.7 Å². The number of nitrogens with zero attached hydrogens (tertiary/aromatic N) is 2. The second kappa shape index (κ2) is 6.80. The van der Waals surface area contributed by atoms with Crippen LogP contribution in [-0.4, -0.2) is 49.2 Å². The Morgan fingerprint density at radius 2 is 2.00 bits per heavy atom. The molecule has 1 aliphatic rings. The molecule has 0 saturated heterocycles. The number of hydrogen-bond acceptors (Lipinski definition) is 4. The molecule has 1 aromatic carbocycles. The molecule has 1 fully saturated rings. The first-order chi connectivity index (χ1) is 10.0. The molecule has 1 saturated carbocycles. The van der Waals surface area contributed by atoms with Crippen LogP contribution < -0.4 is 10.6 Å². The molecule has 0 unspecified atom stereocenters. The molecule has 1 aromatic rings. The first-order valence-electron chi connectivity index (χ1n) is 7.53. The fraction of sp³-hybridized carbons (Fsp3) is 0.562. The minimum absolute atomic E-state index is 0.0529. The molecule has 5 nitrogen and oxygen atoms in total. The van der Waals surface area contributed by atoms with Gasteiger partial charge in [-0.3, -0.25) is 4.79 Å². The van der Waals surface area contributed by atoms with Gasteiger partial charge in [0.25, 0.3) is 5.91 Å². The lowest BCUT2D eigenvalue weighted by Gasteiger charge is -2.31. The van der Waals surface area contributed by atoms with Crippen molar-refractivity contribution in [3.63, 3.8) is 0 Å². The fourth-order valence-electron chi connectivity index (χ4n) is 3.03. The van der Waals surface area contributed by atoms with Crippen molar-refractivity contribution in [3.8, 4) is 0 Å². The molecule has 0 radical (unpaired) electrons. The van der Waals surface area contributed by atoms with E-state index in [1.54, 1.807) is 20.2 Å². The maximum Gasteiger partial charge on any atom is 0.253 e. The lowest BCUT2D eigenvalue weighted by molar-refractivity contribution is 0.0827. The Morgan fingerprint density at radius 3 is 2.52 bits per heavy atom. The zero-order chi connectivity index (χ0) is 15.4. The predicted octanol–water partition coefficient (Wildman–Crippen LogP) is 1.71. The summed E-state index contributed by atoms with van der Waals surface area (Å²) in [7, 11) is 3.45. The average molecular weight is 291 g/mol. The lowest BCUT2D eigenvalue weighted by Crippen LogP contribution is -2.36. The van der Waals surface area contributed by atoms with Gasteiger partial charge in [0.15, 0.2) is 0 Å². The quantitative estimate of drug-likeness (QED) is 0.810. The molecule has 3 N–H and O–H groups in total. The third-order valence-corrected chi connectivity index (χ3v) is 4.10. The van der Waals surface area contributed by atoms with E-state index in [1.807, 2.05) is 12.1 Å². The van der Waals surface area contributed by atoms with Crippen LogP contribution in [0, 0.1) is 0 Å². The SMILES string of the molecule is CN(C)C(=O)c1ccc(N(CCO)C2CCCC2)c(N)c1. The van der Waals surface area contributed by atoms with E-state index in [-0.39, 0.29) is 12.5 Å². The van der Waals surface area contributed by atoms with Gasteiger partial charge < -0.3 is 20.6 Å². The van der Waals surface area contributed by atoms with Gasteiger partial charge in [0.2, 0.25) is 0 Å². The maximum absolute atomic E-state index is 12.0. The van der Waals surface area contributed by atoms with Gasteiger partial charge in [-0.2, -0.15) is 0 Å². The number of anilines is 2. The molecule has 116 valence electrons. The minimum Gasteiger partial charge on any atom is -0.397 e. The Hall–Kier alpha value is -1.75. The van der Waals surface area contributed by atoms with Crippen LogP contribution in [0.25, 0.3) is 0 Å². The standard InChI is InChI=1S/C16H25N3O2/c1-18(2)16(21)12-7-8-15(14(17)11-12)19(9-10-20)13-5-3-4-6-13/h7-8,11,13,20H,3-6,9-10,17H2,1-2H3. The number of rotatable bonds is 5. The summed E-state index contributed by atoms with van der Waals surface area (Å²) in [6, 6.07) is 5.89. The van der Waals surface area contributed by atoms with E-state index in [2.05, 4.69) is 4.90 Å². The largest absolute Gasteiger partial charge is 0.397 e. The molecular formula is C16H25N3O2. The number of aliphatic hydroxyl groups is 1. The Bertz CT molecular complexity index is 496. The van der Waals surface area contributed by atoms with Crippen LogP contribution in [0.1, 0.15) is 36.0 Å². The number of benzene rings is 1. The summed E-state index contributed by atoms with van der Waals surface area (Å²) in [5.41, 5.74) is 8.28. The Morgan fingerprint density at radius 1 is 1.33 bits per heavy atom. The summed E-state index contributed by atoms with van der Waals surface area (Å²) in [6.07, 6.45) is 4.73. The molecule has 0 heterocycles. The van der Waals surface area contributed by atoms with E-state index >= 15 is 0 Å². The van der Waals surface area contributed by atoms with Gasteiger partial charge in [0.05, 0.1) is 18.0 Å². The van der Waals surface area contributed by atoms with Crippen LogP contribution in [0.2, 0.25) is 0 Å². The first-order valence-corrected chi connectivity index (χ1v) is 7.53. The van der Waals surface area contributed by atoms with Gasteiger partial charge in [0.1, 0.15) is 0 Å². The Labute approximate surface area is 126 Å². The third kappa shape index (κ3) is 3.47. The molecule has 1 amide bonds. The summed E-state index contributed by atoms with van der Waals surface area (Å²) < 4.78 is 0. The van der Waals surface area contributed by atoms with Crippen molar-refractivity contribution in [1.29, 1.82) is 0 Å². The molecule has 2 rings (SSSR count). The Kier molecular flexibility index (Phi) is 5.07. The van der Waals surface area contributed by atoms with Crippen LogP contribution in [0.3, 0.4) is 0 Å². The van der Waals surface area contributed by atoms with Crippen LogP contribution >= 0.6 is 0 Å². The van der Waals surface area contributed by atoms with Gasteiger partial charge in [0, 0.05) is 32.2 Å². The second-order valence-electron chi connectivity index (χ2n) is 5.83. The smallest absolute Gasteiger partial charge is 0.253 e. The molecule has 0 aliphatic heterocycles. The molecular weight excluding hydrogens is 266 g/mol. The molecule has 5 heteroatoms. The van der Waals surface area contributed by atoms with Crippen LogP contribution in [0.5, 0.6) is 0 Å². The molecule has 0 aromatic heterocycles. The predicted molar refractivity (Wildman–Crippen MR) is 85.6 cm³/mol. The average Bonchev–Trinajstić information content (AvgIpc) is 2.98. The normalized spacial score (nSPS) is 15.2. The minimum atomic E-state index is -0.0529. The van der Waals surface area contributed by atoms with Crippen molar-refractivity contribution in [2.24, 2.45) is 0 Å². The zero-order valence-corrected chi connectivity index (χ0v) is 12.9. The van der Waals surface area contributed by atoms with Crippen molar-refractivity contribution >= 4 is 17.3 Å². The van der Waals surface area contributed by atoms with Crippen molar-refractivity contribution in [1.82, 2.24) is 4.90 Å². The highest BCUT2D eigenvalue weighted by atomic mass is 16.3. The van der Waals surface area contributed by atoms with Gasteiger partial charge in [-0.15, -0.1) is 0 Å². The van der Waals surface area contributed by atoms with Crippen LogP contribution in [0.4, 0.5) is 11.4 Å². The number of amides is 1. The molecule has 21 heavy (non-hydrogen) atoms. The molecule has 1 aliphatic carbocycles. The van der Waals surface area contributed by atoms with Crippen molar-refractivity contribution in [3.05, 3.63) is 23.8 Å². The van der Waals surface area contributed by atoms with Crippen LogP contribution in [0.15, 0.2) is 18.2 Å². The monoisotopic (exact) mass is 291 g/mol. The second-order valence-corrected chi connectivity index (χ2v) is 5.83. The third-order valence-electron chi connectivity index (χ3n) is 4.10. The molecule has 0 spiro atoms. The van der Waals surface area contributed by atoms with E-state index < -0.39 is 0 Å². The number of nitrogen functional groups attached to an aromatic ring is 1. The maximum atomic E-state index is 12.0. The Balaban J connectivity index is 2.26. The summed E-state index contributed by atoms with van der Waals surface area (Å²) >= 11 is 0. The number of aliphatic hydroxyl groups excluding tert-OH is 1. The van der Waals surface area contributed by atoms with Crippen molar-refractivity contribution in [2.75, 3.05) is 37.9 Å². The topological polar surface area (TPSA) is 69.8 Å². The van der Waals surface area contributed by atoms with E-state index in [0.717, 1.165) is 18.5 Å².